The summed E-state index contributed by atoms with van der Waals surface area (Å²) in [6, 6.07) is 3.38. The number of halogens is 2. The predicted molar refractivity (Wildman–Crippen MR) is 52.7 cm³/mol. The van der Waals surface area contributed by atoms with Crippen molar-refractivity contribution in [2.24, 2.45) is 0 Å². The molecule has 1 aromatic rings. The third-order valence-electron chi connectivity index (χ3n) is 1.37. The molecule has 0 radical (unpaired) electrons. The van der Waals surface area contributed by atoms with Crippen LogP contribution < -0.4 is 0 Å². The van der Waals surface area contributed by atoms with E-state index in [0.29, 0.717) is 10.8 Å². The summed E-state index contributed by atoms with van der Waals surface area (Å²) in [6.07, 6.45) is 0.135. The van der Waals surface area contributed by atoms with Crippen LogP contribution in [0.5, 0.6) is 0 Å². The van der Waals surface area contributed by atoms with Gasteiger partial charge in [-0.1, -0.05) is 27.5 Å². The maximum absolute atomic E-state index is 10.9. The fourth-order valence-electron chi connectivity index (χ4n) is 0.827. The van der Waals surface area contributed by atoms with E-state index in [2.05, 4.69) is 25.7 Å². The Hall–Kier alpha value is -0.610. The van der Waals surface area contributed by atoms with Gasteiger partial charge in [0.1, 0.15) is 5.15 Å². The van der Waals surface area contributed by atoms with E-state index in [1.807, 2.05) is 0 Å². The third kappa shape index (κ3) is 3.32. The van der Waals surface area contributed by atoms with Gasteiger partial charge in [0, 0.05) is 4.47 Å². The van der Waals surface area contributed by atoms with Gasteiger partial charge in [-0.3, -0.25) is 4.79 Å². The Kier molecular flexibility index (Phi) is 3.69. The number of methoxy groups -OCH3 is 1. The molecule has 0 aliphatic rings. The molecule has 0 aliphatic heterocycles. The quantitative estimate of drug-likeness (QED) is 0.607. The van der Waals surface area contributed by atoms with Gasteiger partial charge in [-0.15, -0.1) is 0 Å². The van der Waals surface area contributed by atoms with Crippen LogP contribution >= 0.6 is 27.5 Å². The minimum atomic E-state index is -0.332. The number of carbonyl (C=O) groups excluding carboxylic acids is 1. The Labute approximate surface area is 89.2 Å². The van der Waals surface area contributed by atoms with Gasteiger partial charge in [0.05, 0.1) is 19.2 Å². The van der Waals surface area contributed by atoms with Crippen LogP contribution in [0.4, 0.5) is 0 Å². The zero-order valence-electron chi connectivity index (χ0n) is 6.88. The van der Waals surface area contributed by atoms with Crippen molar-refractivity contribution in [2.45, 2.75) is 6.42 Å². The second-order valence-corrected chi connectivity index (χ2v) is 3.66. The minimum Gasteiger partial charge on any atom is -0.469 e. The van der Waals surface area contributed by atoms with Gasteiger partial charge >= 0.3 is 5.97 Å². The van der Waals surface area contributed by atoms with Crippen molar-refractivity contribution in [2.75, 3.05) is 7.11 Å². The summed E-state index contributed by atoms with van der Waals surface area (Å²) in [4.78, 5) is 14.8. The first-order valence-electron chi connectivity index (χ1n) is 3.50. The van der Waals surface area contributed by atoms with E-state index < -0.39 is 0 Å². The topological polar surface area (TPSA) is 39.2 Å². The summed E-state index contributed by atoms with van der Waals surface area (Å²) in [6.45, 7) is 0. The van der Waals surface area contributed by atoms with Gasteiger partial charge < -0.3 is 4.74 Å². The molecule has 3 nitrogen and oxygen atoms in total. The van der Waals surface area contributed by atoms with Crippen LogP contribution in [0.1, 0.15) is 5.69 Å². The van der Waals surface area contributed by atoms with Gasteiger partial charge in [0.25, 0.3) is 0 Å². The molecule has 70 valence electrons. The molecule has 0 aliphatic carbocycles. The lowest BCUT2D eigenvalue weighted by Gasteiger charge is -2.00. The predicted octanol–water partition coefficient (Wildman–Crippen LogP) is 2.21. The minimum absolute atomic E-state index is 0.135. The number of hydrogen-bond acceptors (Lipinski definition) is 3. The normalized spacial score (nSPS) is 9.77. The summed E-state index contributed by atoms with van der Waals surface area (Å²) in [5.41, 5.74) is 0.589. The Bertz CT molecular complexity index is 310. The number of carbonyl (C=O) groups is 1. The van der Waals surface area contributed by atoms with Crippen LogP contribution in [0.25, 0.3) is 0 Å². The highest BCUT2D eigenvalue weighted by Crippen LogP contribution is 2.16. The molecule has 0 aromatic carbocycles. The molecule has 0 atom stereocenters. The first-order valence-corrected chi connectivity index (χ1v) is 4.67. The zero-order valence-corrected chi connectivity index (χ0v) is 9.22. The van der Waals surface area contributed by atoms with Crippen molar-refractivity contribution in [3.63, 3.8) is 0 Å². The monoisotopic (exact) mass is 263 g/mol. The van der Waals surface area contributed by atoms with Crippen molar-refractivity contribution in [3.8, 4) is 0 Å². The van der Waals surface area contributed by atoms with E-state index in [4.69, 9.17) is 11.6 Å². The molecule has 1 heterocycles. The number of ether oxygens (including phenoxy) is 1. The average Bonchev–Trinajstić information content (AvgIpc) is 2.02. The van der Waals surface area contributed by atoms with Crippen LogP contribution in [0.3, 0.4) is 0 Å². The van der Waals surface area contributed by atoms with Crippen molar-refractivity contribution < 1.29 is 9.53 Å². The van der Waals surface area contributed by atoms with Crippen molar-refractivity contribution in [1.82, 2.24) is 4.98 Å². The fraction of sp³-hybridized carbons (Fsp3) is 0.250. The zero-order chi connectivity index (χ0) is 9.84. The largest absolute Gasteiger partial charge is 0.469 e. The summed E-state index contributed by atoms with van der Waals surface area (Å²) in [7, 11) is 1.34. The highest BCUT2D eigenvalue weighted by atomic mass is 79.9. The second kappa shape index (κ2) is 4.58. The van der Waals surface area contributed by atoms with Gasteiger partial charge in [0.15, 0.2) is 0 Å². The highest BCUT2D eigenvalue weighted by molar-refractivity contribution is 9.10. The first-order chi connectivity index (χ1) is 6.11. The first kappa shape index (κ1) is 10.5. The molecule has 0 bridgehead atoms. The Morgan fingerprint density at radius 1 is 1.69 bits per heavy atom. The molecule has 0 saturated carbocycles. The number of nitrogens with zero attached hydrogens (tertiary/aromatic N) is 1. The van der Waals surface area contributed by atoms with E-state index in [1.165, 1.54) is 7.11 Å². The molecular formula is C8H7BrClNO2. The van der Waals surface area contributed by atoms with E-state index in [0.717, 1.165) is 4.47 Å². The lowest BCUT2D eigenvalue weighted by Crippen LogP contribution is -2.06. The van der Waals surface area contributed by atoms with E-state index >= 15 is 0 Å². The number of rotatable bonds is 2. The van der Waals surface area contributed by atoms with Crippen LogP contribution in [-0.4, -0.2) is 18.1 Å². The standard InChI is InChI=1S/C8H7BrClNO2/c1-13-8(12)4-6-2-5(9)3-7(10)11-6/h2-3H,4H2,1H3. The average molecular weight is 265 g/mol. The summed E-state index contributed by atoms with van der Waals surface area (Å²) >= 11 is 8.93. The lowest BCUT2D eigenvalue weighted by atomic mass is 10.3. The molecule has 0 unspecified atom stereocenters. The Balaban J connectivity index is 2.83. The van der Waals surface area contributed by atoms with Crippen molar-refractivity contribution in [1.29, 1.82) is 0 Å². The summed E-state index contributed by atoms with van der Waals surface area (Å²) in [5, 5.41) is 0.355. The summed E-state index contributed by atoms with van der Waals surface area (Å²) in [5.74, 6) is -0.332. The van der Waals surface area contributed by atoms with Crippen LogP contribution in [0, 0.1) is 0 Å². The van der Waals surface area contributed by atoms with Gasteiger partial charge in [0.2, 0.25) is 0 Å². The molecule has 5 heteroatoms. The smallest absolute Gasteiger partial charge is 0.311 e. The molecule has 1 rings (SSSR count). The van der Waals surface area contributed by atoms with Crippen molar-refractivity contribution in [3.05, 3.63) is 27.5 Å². The molecule has 1 aromatic heterocycles. The lowest BCUT2D eigenvalue weighted by molar-refractivity contribution is -0.139. The summed E-state index contributed by atoms with van der Waals surface area (Å²) < 4.78 is 5.29. The van der Waals surface area contributed by atoms with E-state index in [9.17, 15) is 4.79 Å². The van der Waals surface area contributed by atoms with Crippen LogP contribution in [0.15, 0.2) is 16.6 Å². The van der Waals surface area contributed by atoms with Crippen molar-refractivity contribution >= 4 is 33.5 Å². The molecule has 0 N–H and O–H groups in total. The second-order valence-electron chi connectivity index (χ2n) is 2.35. The molecule has 13 heavy (non-hydrogen) atoms. The van der Waals surface area contributed by atoms with Crippen LogP contribution in [0.2, 0.25) is 5.15 Å². The number of aromatic nitrogens is 1. The van der Waals surface area contributed by atoms with Gasteiger partial charge in [-0.2, -0.15) is 0 Å². The highest BCUT2D eigenvalue weighted by Gasteiger charge is 2.05. The molecule has 0 spiro atoms. The number of esters is 1. The maximum atomic E-state index is 10.9. The molecule has 0 saturated heterocycles. The van der Waals surface area contributed by atoms with E-state index in [-0.39, 0.29) is 12.4 Å². The fourth-order valence-corrected chi connectivity index (χ4v) is 1.67. The third-order valence-corrected chi connectivity index (χ3v) is 2.02. The number of hydrogen-bond donors (Lipinski definition) is 0. The molecule has 0 amide bonds. The van der Waals surface area contributed by atoms with Gasteiger partial charge in [-0.25, -0.2) is 4.98 Å². The Morgan fingerprint density at radius 3 is 2.92 bits per heavy atom. The number of pyridine rings is 1. The Morgan fingerprint density at radius 2 is 2.38 bits per heavy atom. The molecule has 0 fully saturated rings. The SMILES string of the molecule is COC(=O)Cc1cc(Br)cc(Cl)n1. The van der Waals surface area contributed by atoms with Gasteiger partial charge in [-0.05, 0) is 12.1 Å². The maximum Gasteiger partial charge on any atom is 0.311 e. The van der Waals surface area contributed by atoms with E-state index in [1.54, 1.807) is 12.1 Å². The van der Waals surface area contributed by atoms with Crippen LogP contribution in [-0.2, 0) is 16.0 Å². The molecular weight excluding hydrogens is 257 g/mol.